The van der Waals surface area contributed by atoms with E-state index in [1.54, 1.807) is 0 Å². The van der Waals surface area contributed by atoms with Gasteiger partial charge < -0.3 is 18.6 Å². The van der Waals surface area contributed by atoms with Crippen LogP contribution in [0.1, 0.15) is 101 Å². The lowest BCUT2D eigenvalue weighted by Gasteiger charge is -2.40. The van der Waals surface area contributed by atoms with E-state index in [0.29, 0.717) is 11.8 Å². The second-order valence-corrected chi connectivity index (χ2v) is 22.4. The molecule has 2 aromatic heterocycles. The van der Waals surface area contributed by atoms with E-state index in [9.17, 15) is 0 Å². The summed E-state index contributed by atoms with van der Waals surface area (Å²) >= 11 is 0. The van der Waals surface area contributed by atoms with Gasteiger partial charge in [0, 0.05) is 54.8 Å². The summed E-state index contributed by atoms with van der Waals surface area (Å²) in [4.78, 5) is 4.83. The average Bonchev–Trinajstić information content (AvgIpc) is 4.07. The van der Waals surface area contributed by atoms with Crippen molar-refractivity contribution < 1.29 is 8.83 Å². The first-order valence-corrected chi connectivity index (χ1v) is 26.4. The quantitative estimate of drug-likeness (QED) is 0.152. The Labute approximate surface area is 433 Å². The molecule has 2 aliphatic carbocycles. The molecule has 12 aromatic rings. The lowest BCUT2D eigenvalue weighted by Crippen LogP contribution is -2.29. The van der Waals surface area contributed by atoms with E-state index in [4.69, 9.17) is 8.83 Å². The van der Waals surface area contributed by atoms with Crippen LogP contribution in [0.15, 0.2) is 203 Å². The predicted molar refractivity (Wildman–Crippen MR) is 311 cm³/mol. The van der Waals surface area contributed by atoms with Gasteiger partial charge in [-0.2, -0.15) is 0 Å². The minimum Gasteiger partial charge on any atom is -0.454 e. The first-order valence-electron chi connectivity index (χ1n) is 26.4. The minimum atomic E-state index is -0.336. The van der Waals surface area contributed by atoms with Crippen LogP contribution in [-0.4, -0.2) is 0 Å². The molecule has 360 valence electrons. The third-order valence-electron chi connectivity index (χ3n) is 16.8. The molecule has 74 heavy (non-hydrogen) atoms. The van der Waals surface area contributed by atoms with E-state index in [2.05, 4.69) is 259 Å². The fourth-order valence-corrected chi connectivity index (χ4v) is 13.0. The van der Waals surface area contributed by atoms with Gasteiger partial charge in [0.05, 0.1) is 17.1 Å². The summed E-state index contributed by atoms with van der Waals surface area (Å²) in [7, 11) is 0. The van der Waals surface area contributed by atoms with Crippen LogP contribution < -0.4 is 9.80 Å². The second-order valence-electron chi connectivity index (χ2n) is 22.4. The van der Waals surface area contributed by atoms with Gasteiger partial charge in [0.25, 0.3) is 0 Å². The van der Waals surface area contributed by atoms with Gasteiger partial charge in [0.2, 0.25) is 0 Å². The van der Waals surface area contributed by atoms with E-state index < -0.39 is 0 Å². The molecular formula is C70H58N2O2. The van der Waals surface area contributed by atoms with Gasteiger partial charge in [-0.15, -0.1) is 0 Å². The number of fused-ring (bicyclic) bond motifs is 12. The van der Waals surface area contributed by atoms with E-state index in [1.165, 1.54) is 66.4 Å². The summed E-state index contributed by atoms with van der Waals surface area (Å²) in [5.74, 6) is 0.851. The zero-order valence-electron chi connectivity index (χ0n) is 43.3. The largest absolute Gasteiger partial charge is 0.454 e. The van der Waals surface area contributed by atoms with Gasteiger partial charge in [-0.3, -0.25) is 0 Å². The van der Waals surface area contributed by atoms with Gasteiger partial charge >= 0.3 is 0 Å². The summed E-state index contributed by atoms with van der Waals surface area (Å²) in [6.07, 6.45) is 0. The number of furan rings is 2. The first kappa shape index (κ1) is 44.4. The topological polar surface area (TPSA) is 32.8 Å². The van der Waals surface area contributed by atoms with Crippen LogP contribution in [0.3, 0.4) is 0 Å². The maximum absolute atomic E-state index is 6.79. The van der Waals surface area contributed by atoms with Crippen molar-refractivity contribution in [3.63, 3.8) is 0 Å². The summed E-state index contributed by atoms with van der Waals surface area (Å²) in [5, 5.41) is 6.99. The normalized spacial score (nSPS) is 14.1. The lowest BCUT2D eigenvalue weighted by atomic mass is 9.63. The molecule has 0 N–H and O–H groups in total. The number of nitrogens with zero attached hydrogens (tertiary/aromatic N) is 2. The molecule has 0 unspecified atom stereocenters. The van der Waals surface area contributed by atoms with E-state index in [1.807, 2.05) is 0 Å². The molecule has 0 aliphatic heterocycles. The third kappa shape index (κ3) is 6.33. The molecule has 0 fully saturated rings. The maximum atomic E-state index is 6.79. The zero-order valence-corrected chi connectivity index (χ0v) is 43.3. The fraction of sp³-hybridized carbons (Fsp3) is 0.171. The molecule has 0 radical (unpaired) electrons. The summed E-state index contributed by atoms with van der Waals surface area (Å²) in [5.41, 5.74) is 22.7. The number of anilines is 6. The van der Waals surface area contributed by atoms with Gasteiger partial charge in [-0.1, -0.05) is 183 Å². The maximum Gasteiger partial charge on any atom is 0.159 e. The Bertz CT molecular complexity index is 4260. The number of hydrogen-bond acceptors (Lipinski definition) is 4. The van der Waals surface area contributed by atoms with Crippen LogP contribution in [-0.2, 0) is 10.8 Å². The average molecular weight is 959 g/mol. The van der Waals surface area contributed by atoms with Gasteiger partial charge in [0.15, 0.2) is 11.2 Å². The molecule has 0 atom stereocenters. The van der Waals surface area contributed by atoms with Crippen LogP contribution in [0.2, 0.25) is 0 Å². The molecule has 0 saturated heterocycles. The fourth-order valence-electron chi connectivity index (χ4n) is 13.0. The van der Waals surface area contributed by atoms with Crippen molar-refractivity contribution in [1.29, 1.82) is 0 Å². The highest BCUT2D eigenvalue weighted by Gasteiger charge is 2.45. The van der Waals surface area contributed by atoms with Crippen molar-refractivity contribution in [3.05, 3.63) is 228 Å². The van der Waals surface area contributed by atoms with E-state index >= 15 is 0 Å². The van der Waals surface area contributed by atoms with Crippen molar-refractivity contribution in [2.75, 3.05) is 9.80 Å². The summed E-state index contributed by atoms with van der Waals surface area (Å²) < 4.78 is 13.5. The SMILES string of the molecule is CC(C)c1ccc(N(c2ccc3c(c2)C(C)(C)c2c-3ccc3c2C(C)(C)c2cccc4c(N(c5ccc(C(C)C)cc5)c5cccc6c5oc5ccccc56)ccc-3c24)c2cccc3c2oc2ccccc23)cc1. The van der Waals surface area contributed by atoms with Crippen molar-refractivity contribution in [2.24, 2.45) is 0 Å². The Morgan fingerprint density at radius 3 is 1.38 bits per heavy atom. The van der Waals surface area contributed by atoms with Gasteiger partial charge in [-0.05, 0) is 140 Å². The lowest BCUT2D eigenvalue weighted by molar-refractivity contribution is 0.591. The van der Waals surface area contributed by atoms with Crippen LogP contribution in [0.4, 0.5) is 34.1 Å². The Balaban J connectivity index is 0.935. The molecule has 0 spiro atoms. The smallest absolute Gasteiger partial charge is 0.159 e. The highest BCUT2D eigenvalue weighted by atomic mass is 16.3. The van der Waals surface area contributed by atoms with Crippen LogP contribution in [0.25, 0.3) is 76.9 Å². The van der Waals surface area contributed by atoms with E-state index in [0.717, 1.165) is 78.0 Å². The highest BCUT2D eigenvalue weighted by Crippen LogP contribution is 2.60. The van der Waals surface area contributed by atoms with Crippen LogP contribution in [0.5, 0.6) is 0 Å². The minimum absolute atomic E-state index is 0.322. The zero-order chi connectivity index (χ0) is 50.4. The third-order valence-corrected chi connectivity index (χ3v) is 16.8. The second kappa shape index (κ2) is 16.1. The van der Waals surface area contributed by atoms with Crippen LogP contribution in [0, 0.1) is 0 Å². The molecule has 2 heterocycles. The molecular weight excluding hydrogens is 901 g/mol. The molecule has 10 aromatic carbocycles. The van der Waals surface area contributed by atoms with E-state index in [-0.39, 0.29) is 10.8 Å². The first-order chi connectivity index (χ1) is 35.9. The van der Waals surface area contributed by atoms with Gasteiger partial charge in [-0.25, -0.2) is 0 Å². The van der Waals surface area contributed by atoms with Crippen molar-refractivity contribution in [2.45, 2.75) is 78.1 Å². The van der Waals surface area contributed by atoms with Crippen molar-refractivity contribution in [1.82, 2.24) is 0 Å². The van der Waals surface area contributed by atoms with Crippen LogP contribution >= 0.6 is 0 Å². The number of benzene rings is 10. The Morgan fingerprint density at radius 1 is 0.351 bits per heavy atom. The molecule has 14 rings (SSSR count). The Hall–Kier alpha value is -8.34. The monoisotopic (exact) mass is 958 g/mol. The molecule has 2 aliphatic rings. The molecule has 0 saturated carbocycles. The Morgan fingerprint density at radius 2 is 0.797 bits per heavy atom. The molecule has 0 amide bonds. The van der Waals surface area contributed by atoms with Gasteiger partial charge in [0.1, 0.15) is 11.2 Å². The molecule has 4 nitrogen and oxygen atoms in total. The van der Waals surface area contributed by atoms with Crippen molar-refractivity contribution >= 4 is 88.8 Å². The summed E-state index contributed by atoms with van der Waals surface area (Å²) in [6, 6.07) is 71.8. The number of rotatable bonds is 8. The molecule has 4 heteroatoms. The number of para-hydroxylation sites is 4. The Kier molecular flexibility index (Phi) is 9.64. The molecule has 0 bridgehead atoms. The predicted octanol–water partition coefficient (Wildman–Crippen LogP) is 20.4. The van der Waals surface area contributed by atoms with Crippen molar-refractivity contribution in [3.8, 4) is 22.3 Å². The highest BCUT2D eigenvalue weighted by molar-refractivity contribution is 6.15. The number of hydrogen-bond donors (Lipinski definition) is 0. The standard InChI is InChI=1S/C70H58N2O2/c1-41(2)43-26-30-45(31-27-43)71(60-22-14-18-54-49-16-9-11-24-62(49)73-67(54)60)47-34-35-48-52-36-37-53-51-38-39-59(56-20-13-21-57(64(51)56)69(5,6)66(53)65(52)70(7,8)58(48)40-47)72(46-32-28-44(29-33-46)42(3)4)61-23-15-19-55-50-17-10-12-25-63(50)74-68(55)61/h9-42H,1-8H3. The summed E-state index contributed by atoms with van der Waals surface area (Å²) in [6.45, 7) is 18.8.